The molecule has 0 radical (unpaired) electrons. The number of carbonyl (C=O) groups excluding carboxylic acids is 1. The minimum atomic E-state index is -0.191. The predicted molar refractivity (Wildman–Crippen MR) is 116 cm³/mol. The summed E-state index contributed by atoms with van der Waals surface area (Å²) in [7, 11) is 0. The van der Waals surface area contributed by atoms with E-state index >= 15 is 0 Å². The minimum Gasteiger partial charge on any atom is -0.369 e. The topological polar surface area (TPSA) is 64.2 Å². The molecule has 2 aromatic carbocycles. The average Bonchev–Trinajstić information content (AvgIpc) is 3.14. The summed E-state index contributed by atoms with van der Waals surface area (Å²) in [6, 6.07) is 16.7. The second kappa shape index (κ2) is 8.21. The van der Waals surface area contributed by atoms with E-state index in [1.54, 1.807) is 0 Å². The average molecular weight is 389 g/mol. The Bertz CT molecular complexity index is 1010. The smallest absolute Gasteiger partial charge is 0.221 e. The molecule has 0 bridgehead atoms. The Labute approximate surface area is 172 Å². The third kappa shape index (κ3) is 4.25. The Kier molecular flexibility index (Phi) is 5.49. The molecule has 1 amide bonds. The lowest BCUT2D eigenvalue weighted by molar-refractivity contribution is -0.123. The SMILES string of the molecule is Cc1ccc(-c2nn(-c3ccccc3)cc2CN2CCCC(C(N)=O)C2)cc1C. The van der Waals surface area contributed by atoms with Gasteiger partial charge in [-0.05, 0) is 62.6 Å². The van der Waals surface area contributed by atoms with Crippen LogP contribution in [0.4, 0.5) is 0 Å². The second-order valence-corrected chi connectivity index (χ2v) is 8.06. The van der Waals surface area contributed by atoms with Gasteiger partial charge in [-0.2, -0.15) is 5.10 Å². The molecule has 0 aliphatic carbocycles. The Morgan fingerprint density at radius 1 is 1.14 bits per heavy atom. The molecule has 2 N–H and O–H groups in total. The van der Waals surface area contributed by atoms with Gasteiger partial charge in [-0.25, -0.2) is 4.68 Å². The summed E-state index contributed by atoms with van der Waals surface area (Å²) in [6.45, 7) is 6.72. The number of para-hydroxylation sites is 1. The molecule has 2 heterocycles. The molecular formula is C24H28N4O. The molecule has 1 aliphatic heterocycles. The van der Waals surface area contributed by atoms with E-state index in [0.717, 1.165) is 49.4 Å². The monoisotopic (exact) mass is 388 g/mol. The van der Waals surface area contributed by atoms with Crippen LogP contribution in [0.1, 0.15) is 29.5 Å². The van der Waals surface area contributed by atoms with E-state index in [9.17, 15) is 4.79 Å². The van der Waals surface area contributed by atoms with Crippen molar-refractivity contribution in [3.63, 3.8) is 0 Å². The summed E-state index contributed by atoms with van der Waals surface area (Å²) in [4.78, 5) is 14.0. The predicted octanol–water partition coefficient (Wildman–Crippen LogP) is 3.85. The molecule has 1 aromatic heterocycles. The number of nitrogens with two attached hydrogens (primary N) is 1. The highest BCUT2D eigenvalue weighted by Gasteiger charge is 2.25. The number of primary amides is 1. The van der Waals surface area contributed by atoms with Crippen molar-refractivity contribution in [3.8, 4) is 16.9 Å². The van der Waals surface area contributed by atoms with Gasteiger partial charge in [-0.1, -0.05) is 30.3 Å². The number of hydrogen-bond donors (Lipinski definition) is 1. The number of amides is 1. The Balaban J connectivity index is 1.70. The summed E-state index contributed by atoms with van der Waals surface area (Å²) in [5, 5.41) is 4.94. The minimum absolute atomic E-state index is 0.0574. The Hall–Kier alpha value is -2.92. The highest BCUT2D eigenvalue weighted by molar-refractivity contribution is 5.77. The molecule has 150 valence electrons. The van der Waals surface area contributed by atoms with Crippen LogP contribution in [0.5, 0.6) is 0 Å². The Morgan fingerprint density at radius 3 is 2.66 bits per heavy atom. The van der Waals surface area contributed by atoms with Crippen molar-refractivity contribution in [2.45, 2.75) is 33.2 Å². The molecule has 1 atom stereocenters. The van der Waals surface area contributed by atoms with Crippen molar-refractivity contribution in [2.24, 2.45) is 11.7 Å². The number of aryl methyl sites for hydroxylation is 2. The zero-order valence-electron chi connectivity index (χ0n) is 17.1. The van der Waals surface area contributed by atoms with Crippen molar-refractivity contribution in [3.05, 3.63) is 71.4 Å². The van der Waals surface area contributed by atoms with Crippen LogP contribution >= 0.6 is 0 Å². The van der Waals surface area contributed by atoms with Gasteiger partial charge in [0.15, 0.2) is 0 Å². The second-order valence-electron chi connectivity index (χ2n) is 8.06. The van der Waals surface area contributed by atoms with Crippen molar-refractivity contribution in [1.29, 1.82) is 0 Å². The molecule has 5 heteroatoms. The van der Waals surface area contributed by atoms with E-state index in [1.807, 2.05) is 22.9 Å². The summed E-state index contributed by atoms with van der Waals surface area (Å²) in [5.74, 6) is -0.248. The van der Waals surface area contributed by atoms with E-state index in [1.165, 1.54) is 16.7 Å². The van der Waals surface area contributed by atoms with Crippen LogP contribution in [0.15, 0.2) is 54.7 Å². The van der Waals surface area contributed by atoms with Gasteiger partial charge in [-0.15, -0.1) is 0 Å². The first-order valence-electron chi connectivity index (χ1n) is 10.2. The maximum Gasteiger partial charge on any atom is 0.221 e. The number of piperidine rings is 1. The van der Waals surface area contributed by atoms with E-state index in [-0.39, 0.29) is 11.8 Å². The van der Waals surface area contributed by atoms with Crippen LogP contribution < -0.4 is 5.73 Å². The zero-order chi connectivity index (χ0) is 20.4. The van der Waals surface area contributed by atoms with Crippen LogP contribution in [0.3, 0.4) is 0 Å². The summed E-state index contributed by atoms with van der Waals surface area (Å²) in [5.41, 5.74) is 12.4. The zero-order valence-corrected chi connectivity index (χ0v) is 17.1. The van der Waals surface area contributed by atoms with Crippen LogP contribution in [-0.2, 0) is 11.3 Å². The molecule has 0 saturated carbocycles. The highest BCUT2D eigenvalue weighted by atomic mass is 16.1. The summed E-state index contributed by atoms with van der Waals surface area (Å²) >= 11 is 0. The molecule has 5 nitrogen and oxygen atoms in total. The maximum atomic E-state index is 11.7. The number of hydrogen-bond acceptors (Lipinski definition) is 3. The molecule has 0 spiro atoms. The first kappa shape index (κ1) is 19.4. The van der Waals surface area contributed by atoms with Gasteiger partial charge in [0, 0.05) is 30.4 Å². The molecule has 1 aliphatic rings. The van der Waals surface area contributed by atoms with Crippen LogP contribution in [0.2, 0.25) is 0 Å². The van der Waals surface area contributed by atoms with Crippen molar-refractivity contribution >= 4 is 5.91 Å². The van der Waals surface area contributed by atoms with Crippen LogP contribution in [0.25, 0.3) is 16.9 Å². The van der Waals surface area contributed by atoms with Gasteiger partial charge >= 0.3 is 0 Å². The standard InChI is InChI=1S/C24H28N4O/c1-17-10-11-19(13-18(17)2)23-21(15-27-12-6-7-20(14-27)24(25)29)16-28(26-23)22-8-4-3-5-9-22/h3-5,8-11,13,16,20H,6-7,12,14-15H2,1-2H3,(H2,25,29). The fourth-order valence-electron chi connectivity index (χ4n) is 4.04. The first-order valence-corrected chi connectivity index (χ1v) is 10.2. The van der Waals surface area contributed by atoms with E-state index < -0.39 is 0 Å². The molecular weight excluding hydrogens is 360 g/mol. The fraction of sp³-hybridized carbons (Fsp3) is 0.333. The van der Waals surface area contributed by atoms with Crippen molar-refractivity contribution in [1.82, 2.24) is 14.7 Å². The number of rotatable bonds is 5. The van der Waals surface area contributed by atoms with Crippen molar-refractivity contribution < 1.29 is 4.79 Å². The fourth-order valence-corrected chi connectivity index (χ4v) is 4.04. The largest absolute Gasteiger partial charge is 0.369 e. The number of nitrogens with zero attached hydrogens (tertiary/aromatic N) is 3. The Morgan fingerprint density at radius 2 is 1.93 bits per heavy atom. The lowest BCUT2D eigenvalue weighted by Crippen LogP contribution is -2.40. The molecule has 1 saturated heterocycles. The molecule has 4 rings (SSSR count). The number of benzene rings is 2. The summed E-state index contributed by atoms with van der Waals surface area (Å²) in [6.07, 6.45) is 4.01. The van der Waals surface area contributed by atoms with Gasteiger partial charge in [0.25, 0.3) is 0 Å². The molecule has 1 unspecified atom stereocenters. The third-order valence-corrected chi connectivity index (χ3v) is 5.89. The van der Waals surface area contributed by atoms with Gasteiger partial charge in [-0.3, -0.25) is 9.69 Å². The van der Waals surface area contributed by atoms with Crippen molar-refractivity contribution in [2.75, 3.05) is 13.1 Å². The molecule has 3 aromatic rings. The van der Waals surface area contributed by atoms with Crippen LogP contribution in [0, 0.1) is 19.8 Å². The van der Waals surface area contributed by atoms with E-state index in [0.29, 0.717) is 0 Å². The maximum absolute atomic E-state index is 11.7. The van der Waals surface area contributed by atoms with E-state index in [2.05, 4.69) is 55.3 Å². The van der Waals surface area contributed by atoms with Gasteiger partial charge in [0.1, 0.15) is 0 Å². The van der Waals surface area contributed by atoms with E-state index in [4.69, 9.17) is 10.8 Å². The highest BCUT2D eigenvalue weighted by Crippen LogP contribution is 2.28. The van der Waals surface area contributed by atoms with Gasteiger partial charge in [0.2, 0.25) is 5.91 Å². The molecule has 29 heavy (non-hydrogen) atoms. The third-order valence-electron chi connectivity index (χ3n) is 5.89. The first-order chi connectivity index (χ1) is 14.0. The number of likely N-dealkylation sites (tertiary alicyclic amines) is 1. The lowest BCUT2D eigenvalue weighted by atomic mass is 9.96. The molecule has 1 fully saturated rings. The lowest BCUT2D eigenvalue weighted by Gasteiger charge is -2.31. The number of aromatic nitrogens is 2. The summed E-state index contributed by atoms with van der Waals surface area (Å²) < 4.78 is 1.95. The van der Waals surface area contributed by atoms with Gasteiger partial charge in [0.05, 0.1) is 17.3 Å². The van der Waals surface area contributed by atoms with Gasteiger partial charge < -0.3 is 5.73 Å². The quantitative estimate of drug-likeness (QED) is 0.722. The number of carbonyl (C=O) groups is 1. The van der Waals surface area contributed by atoms with Crippen LogP contribution in [-0.4, -0.2) is 33.7 Å². The normalized spacial score (nSPS) is 17.4.